The largest absolute Gasteiger partial charge is 0.468 e. The van der Waals surface area contributed by atoms with Crippen molar-refractivity contribution >= 4 is 27.6 Å². The lowest BCUT2D eigenvalue weighted by Gasteiger charge is -2.34. The topological polar surface area (TPSA) is 92.8 Å². The number of fused-ring (bicyclic) bond motifs is 1. The van der Waals surface area contributed by atoms with E-state index in [2.05, 4.69) is 5.32 Å². The molecule has 35 heavy (non-hydrogen) atoms. The van der Waals surface area contributed by atoms with Crippen LogP contribution in [0.5, 0.6) is 0 Å². The maximum Gasteiger partial charge on any atom is 0.324 e. The third kappa shape index (κ3) is 5.13. The van der Waals surface area contributed by atoms with Gasteiger partial charge in [0.15, 0.2) is 0 Å². The zero-order chi connectivity index (χ0) is 25.2. The molecule has 1 aliphatic rings. The van der Waals surface area contributed by atoms with Gasteiger partial charge in [-0.15, -0.1) is 0 Å². The highest BCUT2D eigenvalue weighted by Gasteiger charge is 2.40. The molecule has 0 aromatic heterocycles. The Labute approximate surface area is 205 Å². The number of amides is 1. The van der Waals surface area contributed by atoms with Gasteiger partial charge in [-0.1, -0.05) is 62.4 Å². The second-order valence-electron chi connectivity index (χ2n) is 8.81. The molecule has 0 spiro atoms. The number of hydrogen-bond donors (Lipinski definition) is 1. The fourth-order valence-corrected chi connectivity index (χ4v) is 5.63. The number of rotatable bonds is 6. The minimum Gasteiger partial charge on any atom is -0.468 e. The molecule has 0 saturated carbocycles. The van der Waals surface area contributed by atoms with E-state index < -0.39 is 22.0 Å². The highest BCUT2D eigenvalue weighted by molar-refractivity contribution is 7.89. The van der Waals surface area contributed by atoms with Crippen molar-refractivity contribution in [3.05, 3.63) is 83.9 Å². The number of esters is 1. The van der Waals surface area contributed by atoms with E-state index in [1.807, 2.05) is 62.4 Å². The molecular weight excluding hydrogens is 464 g/mol. The van der Waals surface area contributed by atoms with Crippen LogP contribution < -0.4 is 5.32 Å². The van der Waals surface area contributed by atoms with Crippen LogP contribution in [0.2, 0.25) is 0 Å². The summed E-state index contributed by atoms with van der Waals surface area (Å²) in [4.78, 5) is 24.5. The summed E-state index contributed by atoms with van der Waals surface area (Å²) in [7, 11) is -2.69. The zero-order valence-corrected chi connectivity index (χ0v) is 20.7. The number of anilines is 1. The van der Waals surface area contributed by atoms with Gasteiger partial charge >= 0.3 is 5.97 Å². The number of hydrogen-bond acceptors (Lipinski definition) is 5. The Kier molecular flexibility index (Phi) is 7.05. The van der Waals surface area contributed by atoms with Gasteiger partial charge in [0.05, 0.1) is 12.0 Å². The van der Waals surface area contributed by atoms with Gasteiger partial charge in [-0.05, 0) is 46.5 Å². The normalized spacial score (nSPS) is 15.9. The third-order valence-corrected chi connectivity index (χ3v) is 8.02. The smallest absolute Gasteiger partial charge is 0.324 e. The number of benzene rings is 3. The van der Waals surface area contributed by atoms with Crippen LogP contribution in [-0.2, 0) is 37.3 Å². The van der Waals surface area contributed by atoms with E-state index in [0.717, 1.165) is 22.3 Å². The lowest BCUT2D eigenvalue weighted by atomic mass is 9.96. The van der Waals surface area contributed by atoms with Gasteiger partial charge in [0.25, 0.3) is 0 Å². The first kappa shape index (κ1) is 24.6. The summed E-state index contributed by atoms with van der Waals surface area (Å²) in [5.74, 6) is -0.751. The molecule has 1 amide bonds. The maximum absolute atomic E-state index is 13.6. The van der Waals surface area contributed by atoms with Crippen LogP contribution >= 0.6 is 0 Å². The SMILES string of the molecule is COC(=O)[C@H]1Cc2ccccc2CN1S(=O)(=O)c1ccc(-c2ccc(NC(=O)C(C)C)cc2)cc1. The van der Waals surface area contributed by atoms with E-state index >= 15 is 0 Å². The van der Waals surface area contributed by atoms with Gasteiger partial charge in [-0.3, -0.25) is 9.59 Å². The van der Waals surface area contributed by atoms with Crippen molar-refractivity contribution in [3.8, 4) is 11.1 Å². The number of sulfonamides is 1. The van der Waals surface area contributed by atoms with Gasteiger partial charge < -0.3 is 10.1 Å². The second-order valence-corrected chi connectivity index (χ2v) is 10.7. The fraction of sp³-hybridized carbons (Fsp3) is 0.259. The van der Waals surface area contributed by atoms with Crippen molar-refractivity contribution < 1.29 is 22.7 Å². The van der Waals surface area contributed by atoms with E-state index in [-0.39, 0.29) is 29.7 Å². The molecule has 0 aliphatic carbocycles. The summed E-state index contributed by atoms with van der Waals surface area (Å²) >= 11 is 0. The molecule has 1 aliphatic heterocycles. The molecule has 0 bridgehead atoms. The molecule has 1 N–H and O–H groups in total. The number of nitrogens with zero attached hydrogens (tertiary/aromatic N) is 1. The lowest BCUT2D eigenvalue weighted by Crippen LogP contribution is -2.48. The van der Waals surface area contributed by atoms with Gasteiger partial charge in [0.1, 0.15) is 6.04 Å². The second kappa shape index (κ2) is 10.0. The highest BCUT2D eigenvalue weighted by Crippen LogP contribution is 2.31. The molecular formula is C27H28N2O5S. The molecule has 8 heteroatoms. The molecule has 7 nitrogen and oxygen atoms in total. The number of carbonyl (C=O) groups excluding carboxylic acids is 2. The molecule has 182 valence electrons. The van der Waals surface area contributed by atoms with Crippen molar-refractivity contribution in [2.45, 2.75) is 37.8 Å². The van der Waals surface area contributed by atoms with Crippen molar-refractivity contribution in [3.63, 3.8) is 0 Å². The molecule has 1 heterocycles. The number of carbonyl (C=O) groups is 2. The number of ether oxygens (including phenoxy) is 1. The van der Waals surface area contributed by atoms with Crippen molar-refractivity contribution in [2.24, 2.45) is 5.92 Å². The predicted octanol–water partition coefficient (Wildman–Crippen LogP) is 4.24. The van der Waals surface area contributed by atoms with Crippen LogP contribution in [0.25, 0.3) is 11.1 Å². The fourth-order valence-electron chi connectivity index (χ4n) is 4.08. The standard InChI is InChI=1S/C27H28N2O5S/c1-18(2)26(30)28-23-12-8-19(9-13-23)20-10-14-24(15-11-20)35(32,33)29-17-22-7-5-4-6-21(22)16-25(29)27(31)34-3/h4-15,18,25H,16-17H2,1-3H3,(H,28,30)/t25-/m1/s1. The Morgan fingerprint density at radius 3 is 2.06 bits per heavy atom. The van der Waals surface area contributed by atoms with E-state index in [4.69, 9.17) is 4.74 Å². The van der Waals surface area contributed by atoms with E-state index in [9.17, 15) is 18.0 Å². The highest BCUT2D eigenvalue weighted by atomic mass is 32.2. The van der Waals surface area contributed by atoms with Gasteiger partial charge in [-0.2, -0.15) is 4.31 Å². The van der Waals surface area contributed by atoms with Crippen molar-refractivity contribution in [2.75, 3.05) is 12.4 Å². The minimum atomic E-state index is -3.95. The Morgan fingerprint density at radius 1 is 0.914 bits per heavy atom. The average molecular weight is 493 g/mol. The van der Waals surface area contributed by atoms with Crippen LogP contribution in [0.1, 0.15) is 25.0 Å². The monoisotopic (exact) mass is 492 g/mol. The van der Waals surface area contributed by atoms with Crippen LogP contribution in [0.4, 0.5) is 5.69 Å². The summed E-state index contributed by atoms with van der Waals surface area (Å²) in [5.41, 5.74) is 4.23. The Morgan fingerprint density at radius 2 is 1.49 bits per heavy atom. The van der Waals surface area contributed by atoms with Gasteiger partial charge in [0, 0.05) is 24.6 Å². The predicted molar refractivity (Wildman–Crippen MR) is 134 cm³/mol. The van der Waals surface area contributed by atoms with Gasteiger partial charge in [-0.25, -0.2) is 8.42 Å². The third-order valence-electron chi connectivity index (χ3n) is 6.15. The quantitative estimate of drug-likeness (QED) is 0.520. The van der Waals surface area contributed by atoms with E-state index in [0.29, 0.717) is 5.69 Å². The summed E-state index contributed by atoms with van der Waals surface area (Å²) in [5, 5.41) is 2.85. The van der Waals surface area contributed by atoms with Crippen LogP contribution in [0.15, 0.2) is 77.7 Å². The van der Waals surface area contributed by atoms with Crippen LogP contribution in [-0.4, -0.2) is 37.8 Å². The summed E-state index contributed by atoms with van der Waals surface area (Å²) in [6, 6.07) is 20.5. The number of methoxy groups -OCH3 is 1. The average Bonchev–Trinajstić information content (AvgIpc) is 2.87. The Hall–Kier alpha value is -3.49. The van der Waals surface area contributed by atoms with E-state index in [1.54, 1.807) is 24.3 Å². The summed E-state index contributed by atoms with van der Waals surface area (Å²) in [6.07, 6.45) is 0.264. The molecule has 0 saturated heterocycles. The lowest BCUT2D eigenvalue weighted by molar-refractivity contribution is -0.145. The Bertz CT molecular complexity index is 1330. The molecule has 0 unspecified atom stereocenters. The molecule has 3 aromatic carbocycles. The van der Waals surface area contributed by atoms with E-state index in [1.165, 1.54) is 11.4 Å². The van der Waals surface area contributed by atoms with Crippen LogP contribution in [0, 0.1) is 5.92 Å². The minimum absolute atomic E-state index is 0.0575. The van der Waals surface area contributed by atoms with Crippen molar-refractivity contribution in [1.29, 1.82) is 0 Å². The Balaban J connectivity index is 1.58. The molecule has 0 fully saturated rings. The van der Waals surface area contributed by atoms with Gasteiger partial charge in [0.2, 0.25) is 15.9 Å². The first-order valence-electron chi connectivity index (χ1n) is 11.4. The number of nitrogens with one attached hydrogen (secondary N) is 1. The van der Waals surface area contributed by atoms with Crippen LogP contribution in [0.3, 0.4) is 0 Å². The summed E-state index contributed by atoms with van der Waals surface area (Å²) in [6.45, 7) is 3.76. The maximum atomic E-state index is 13.6. The molecule has 4 rings (SSSR count). The first-order valence-corrected chi connectivity index (χ1v) is 12.8. The molecule has 0 radical (unpaired) electrons. The molecule has 1 atom stereocenters. The molecule has 3 aromatic rings. The summed E-state index contributed by atoms with van der Waals surface area (Å²) < 4.78 is 33.3. The van der Waals surface area contributed by atoms with Crippen molar-refractivity contribution in [1.82, 2.24) is 4.31 Å². The first-order chi connectivity index (χ1) is 16.7. The zero-order valence-electron chi connectivity index (χ0n) is 19.9.